The van der Waals surface area contributed by atoms with Gasteiger partial charge in [-0.1, -0.05) is 0 Å². The molecule has 0 radical (unpaired) electrons. The van der Waals surface area contributed by atoms with Crippen LogP contribution in [0.1, 0.15) is 19.3 Å². The number of nitrogens with two attached hydrogens (primary N) is 2. The molecule has 0 heterocycles. The lowest BCUT2D eigenvalue weighted by molar-refractivity contribution is -0.142. The van der Waals surface area contributed by atoms with E-state index >= 15 is 0 Å². The quantitative estimate of drug-likeness (QED) is 0.170. The van der Waals surface area contributed by atoms with E-state index in [1.165, 1.54) is 0 Å². The zero-order valence-electron chi connectivity index (χ0n) is 11.5. The second kappa shape index (κ2) is 10.3. The summed E-state index contributed by atoms with van der Waals surface area (Å²) in [5, 5.41) is 21.0. The number of amides is 1. The Hall–Kier alpha value is -1.48. The third kappa shape index (κ3) is 8.59. The van der Waals surface area contributed by atoms with Crippen molar-refractivity contribution in [3.63, 3.8) is 0 Å². The molecule has 9 heteroatoms. The largest absolute Gasteiger partial charge is 0.480 e. The second-order valence-corrected chi connectivity index (χ2v) is 5.26. The molecule has 0 rings (SSSR count). The van der Waals surface area contributed by atoms with Crippen LogP contribution < -0.4 is 22.1 Å². The third-order valence-electron chi connectivity index (χ3n) is 2.57. The third-order valence-corrected chi connectivity index (χ3v) is 3.21. The first-order valence-electron chi connectivity index (χ1n) is 6.24. The summed E-state index contributed by atoms with van der Waals surface area (Å²) in [5.74, 6) is -0.973. The maximum absolute atomic E-state index is 11.7. The van der Waals surface area contributed by atoms with Crippen molar-refractivity contribution in [3.05, 3.63) is 0 Å². The van der Waals surface area contributed by atoms with Crippen LogP contribution in [0.15, 0.2) is 0 Å². The topological polar surface area (TPSA) is 154 Å². The minimum atomic E-state index is -1.10. The molecule has 0 spiro atoms. The summed E-state index contributed by atoms with van der Waals surface area (Å²) in [6.45, 7) is 0.382. The number of thioether (sulfide) groups is 1. The fraction of sp³-hybridized carbons (Fsp3) is 0.727. The average Bonchev–Trinajstić information content (AvgIpc) is 2.38. The lowest BCUT2D eigenvalue weighted by atomic mass is 10.1. The van der Waals surface area contributed by atoms with E-state index in [-0.39, 0.29) is 12.4 Å². The molecule has 116 valence electrons. The molecule has 0 aliphatic heterocycles. The van der Waals surface area contributed by atoms with Crippen molar-refractivity contribution in [2.45, 2.75) is 31.3 Å². The van der Waals surface area contributed by atoms with Gasteiger partial charge in [-0.3, -0.25) is 10.2 Å². The van der Waals surface area contributed by atoms with Crippen molar-refractivity contribution in [2.75, 3.05) is 18.6 Å². The summed E-state index contributed by atoms with van der Waals surface area (Å²) in [4.78, 5) is 22.8. The number of guanidine groups is 1. The van der Waals surface area contributed by atoms with Gasteiger partial charge in [0.05, 0.1) is 6.04 Å². The molecule has 8 nitrogen and oxygen atoms in total. The lowest BCUT2D eigenvalue weighted by Crippen LogP contribution is -2.48. The highest BCUT2D eigenvalue weighted by molar-refractivity contribution is 7.98. The molecule has 0 aliphatic rings. The maximum atomic E-state index is 11.7. The summed E-state index contributed by atoms with van der Waals surface area (Å²) >= 11 is 1.58. The molecular weight excluding hydrogens is 282 g/mol. The first-order chi connectivity index (χ1) is 9.38. The van der Waals surface area contributed by atoms with E-state index in [1.807, 2.05) is 6.26 Å². The molecule has 0 aromatic carbocycles. The normalized spacial score (nSPS) is 13.3. The number of carbonyl (C=O) groups is 2. The molecule has 2 atom stereocenters. The first kappa shape index (κ1) is 18.5. The van der Waals surface area contributed by atoms with E-state index in [0.29, 0.717) is 19.4 Å². The highest BCUT2D eigenvalue weighted by atomic mass is 32.2. The molecule has 0 unspecified atom stereocenters. The van der Waals surface area contributed by atoms with E-state index in [2.05, 4.69) is 10.6 Å². The summed E-state index contributed by atoms with van der Waals surface area (Å²) in [6.07, 6.45) is 3.13. The fourth-order valence-electron chi connectivity index (χ4n) is 1.44. The van der Waals surface area contributed by atoms with Crippen molar-refractivity contribution in [3.8, 4) is 0 Å². The highest BCUT2D eigenvalue weighted by Crippen LogP contribution is 2.01. The van der Waals surface area contributed by atoms with E-state index in [0.717, 1.165) is 5.75 Å². The number of carbonyl (C=O) groups excluding carboxylic acids is 1. The SMILES string of the molecule is CSCC[C@H](N)C(=O)N[C@@H](CCCNC(=N)N)C(=O)O. The van der Waals surface area contributed by atoms with E-state index < -0.39 is 24.0 Å². The number of nitrogens with one attached hydrogen (secondary N) is 3. The molecule has 1 amide bonds. The lowest BCUT2D eigenvalue weighted by Gasteiger charge is -2.17. The average molecular weight is 305 g/mol. The van der Waals surface area contributed by atoms with Crippen LogP contribution in [-0.2, 0) is 9.59 Å². The summed E-state index contributed by atoms with van der Waals surface area (Å²) in [6, 6.07) is -1.67. The zero-order chi connectivity index (χ0) is 15.5. The number of aliphatic carboxylic acids is 1. The van der Waals surface area contributed by atoms with Crippen molar-refractivity contribution in [1.29, 1.82) is 5.41 Å². The van der Waals surface area contributed by atoms with Crippen molar-refractivity contribution in [2.24, 2.45) is 11.5 Å². The smallest absolute Gasteiger partial charge is 0.326 e. The minimum absolute atomic E-state index is 0.167. The van der Waals surface area contributed by atoms with Crippen LogP contribution in [0.5, 0.6) is 0 Å². The van der Waals surface area contributed by atoms with E-state index in [1.54, 1.807) is 11.8 Å². The van der Waals surface area contributed by atoms with Gasteiger partial charge in [0.2, 0.25) is 5.91 Å². The fourth-order valence-corrected chi connectivity index (χ4v) is 1.93. The van der Waals surface area contributed by atoms with Crippen molar-refractivity contribution in [1.82, 2.24) is 10.6 Å². The Bertz CT molecular complexity index is 340. The Morgan fingerprint density at radius 3 is 2.55 bits per heavy atom. The summed E-state index contributed by atoms with van der Waals surface area (Å²) in [7, 11) is 0. The Morgan fingerprint density at radius 1 is 1.40 bits per heavy atom. The van der Waals surface area contributed by atoms with Gasteiger partial charge in [0.1, 0.15) is 6.04 Å². The second-order valence-electron chi connectivity index (χ2n) is 4.27. The van der Waals surface area contributed by atoms with Gasteiger partial charge in [0.15, 0.2) is 5.96 Å². The highest BCUT2D eigenvalue weighted by Gasteiger charge is 2.22. The van der Waals surface area contributed by atoms with Crippen LogP contribution in [0, 0.1) is 5.41 Å². The van der Waals surface area contributed by atoms with Crippen LogP contribution in [0.25, 0.3) is 0 Å². The molecular formula is C11H23N5O3S. The molecule has 0 fully saturated rings. The Kier molecular flexibility index (Phi) is 9.56. The molecule has 0 aromatic heterocycles. The molecule has 0 aliphatic carbocycles. The van der Waals surface area contributed by atoms with Crippen molar-refractivity contribution >= 4 is 29.6 Å². The number of carboxylic acid groups (broad SMARTS) is 1. The Balaban J connectivity index is 4.15. The van der Waals surface area contributed by atoms with Gasteiger partial charge in [-0.15, -0.1) is 0 Å². The van der Waals surface area contributed by atoms with Crippen LogP contribution in [0.4, 0.5) is 0 Å². The number of hydrogen-bond donors (Lipinski definition) is 6. The summed E-state index contributed by atoms with van der Waals surface area (Å²) < 4.78 is 0. The minimum Gasteiger partial charge on any atom is -0.480 e. The molecule has 8 N–H and O–H groups in total. The van der Waals surface area contributed by atoms with Crippen molar-refractivity contribution < 1.29 is 14.7 Å². The van der Waals surface area contributed by atoms with Gasteiger partial charge in [0, 0.05) is 6.54 Å². The molecule has 0 bridgehead atoms. The molecule has 0 saturated carbocycles. The maximum Gasteiger partial charge on any atom is 0.326 e. The van der Waals surface area contributed by atoms with Crippen LogP contribution in [-0.4, -0.2) is 53.6 Å². The predicted molar refractivity (Wildman–Crippen MR) is 79.7 cm³/mol. The van der Waals surface area contributed by atoms with E-state index in [4.69, 9.17) is 22.0 Å². The van der Waals surface area contributed by atoms with E-state index in [9.17, 15) is 9.59 Å². The molecule has 0 saturated heterocycles. The number of rotatable bonds is 10. The van der Waals surface area contributed by atoms with Gasteiger partial charge >= 0.3 is 5.97 Å². The Morgan fingerprint density at radius 2 is 2.05 bits per heavy atom. The van der Waals surface area contributed by atoms with Crippen LogP contribution in [0.2, 0.25) is 0 Å². The standard InChI is InChI=1S/C11H23N5O3S/c1-20-6-4-7(12)9(17)16-8(10(18)19)3-2-5-15-11(13)14/h7-8H,2-6,12H2,1H3,(H,16,17)(H,18,19)(H4,13,14,15)/t7-,8-/m0/s1. The molecule has 20 heavy (non-hydrogen) atoms. The van der Waals surface area contributed by atoms with Crippen LogP contribution >= 0.6 is 11.8 Å². The Labute approximate surface area is 122 Å². The van der Waals surface area contributed by atoms with Gasteiger partial charge < -0.3 is 27.2 Å². The monoisotopic (exact) mass is 305 g/mol. The van der Waals surface area contributed by atoms with Gasteiger partial charge in [-0.2, -0.15) is 11.8 Å². The van der Waals surface area contributed by atoms with Crippen LogP contribution in [0.3, 0.4) is 0 Å². The van der Waals surface area contributed by atoms with Gasteiger partial charge in [-0.25, -0.2) is 4.79 Å². The number of hydrogen-bond acceptors (Lipinski definition) is 5. The zero-order valence-corrected chi connectivity index (χ0v) is 12.3. The van der Waals surface area contributed by atoms with Gasteiger partial charge in [0.25, 0.3) is 0 Å². The summed E-state index contributed by atoms with van der Waals surface area (Å²) in [5.41, 5.74) is 10.8. The first-order valence-corrected chi connectivity index (χ1v) is 7.63. The van der Waals surface area contributed by atoms with Gasteiger partial charge in [-0.05, 0) is 31.3 Å². The number of carboxylic acids is 1. The predicted octanol–water partition coefficient (Wildman–Crippen LogP) is -1.10. The molecule has 0 aromatic rings.